The van der Waals surface area contributed by atoms with Gasteiger partial charge in [-0.15, -0.1) is 0 Å². The summed E-state index contributed by atoms with van der Waals surface area (Å²) in [7, 11) is 0. The average molecular weight is 363 g/mol. The molecule has 1 heterocycles. The van der Waals surface area contributed by atoms with Gasteiger partial charge in [0, 0.05) is 5.69 Å². The molecule has 0 fully saturated rings. The third-order valence-corrected chi connectivity index (χ3v) is 4.01. The fourth-order valence-corrected chi connectivity index (χ4v) is 2.85. The van der Waals surface area contributed by atoms with Crippen LogP contribution in [0.1, 0.15) is 28.1 Å². The van der Waals surface area contributed by atoms with Crippen LogP contribution < -0.4 is 10.6 Å². The maximum atomic E-state index is 11.9. The van der Waals surface area contributed by atoms with Gasteiger partial charge in [-0.2, -0.15) is 0 Å². The van der Waals surface area contributed by atoms with Crippen LogP contribution in [-0.2, 0) is 17.6 Å². The number of hydrogen-bond acceptors (Lipinski definition) is 3. The van der Waals surface area contributed by atoms with Gasteiger partial charge in [-0.1, -0.05) is 6.07 Å². The van der Waals surface area contributed by atoms with Gasteiger partial charge in [0.25, 0.3) is 5.91 Å². The van der Waals surface area contributed by atoms with Gasteiger partial charge in [0.1, 0.15) is 0 Å². The Balaban J connectivity index is 1.53. The summed E-state index contributed by atoms with van der Waals surface area (Å²) in [6, 6.07) is 9.12. The number of fused-ring (bicyclic) bond motifs is 1. The number of benzene rings is 1. The Hall–Kier alpha value is -2.08. The van der Waals surface area contributed by atoms with Crippen LogP contribution >= 0.6 is 15.9 Å². The highest BCUT2D eigenvalue weighted by Gasteiger charge is 2.14. The Morgan fingerprint density at radius 1 is 1.14 bits per heavy atom. The molecule has 0 saturated carbocycles. The second-order valence-corrected chi connectivity index (χ2v) is 5.95. The van der Waals surface area contributed by atoms with E-state index < -0.39 is 5.91 Å². The molecule has 22 heavy (non-hydrogen) atoms. The summed E-state index contributed by atoms with van der Waals surface area (Å²) < 4.78 is 5.59. The predicted molar refractivity (Wildman–Crippen MR) is 85.8 cm³/mol. The largest absolute Gasteiger partial charge is 0.444 e. The molecule has 1 aliphatic rings. The molecule has 2 amide bonds. The van der Waals surface area contributed by atoms with Crippen LogP contribution in [-0.4, -0.2) is 18.4 Å². The lowest BCUT2D eigenvalue weighted by molar-refractivity contribution is -0.115. The minimum atomic E-state index is -0.421. The number of aryl methyl sites for hydroxylation is 2. The van der Waals surface area contributed by atoms with Gasteiger partial charge in [-0.3, -0.25) is 9.59 Å². The fourth-order valence-electron chi connectivity index (χ4n) is 2.54. The van der Waals surface area contributed by atoms with Crippen molar-refractivity contribution in [2.24, 2.45) is 0 Å². The maximum Gasteiger partial charge on any atom is 0.287 e. The number of furan rings is 1. The lowest BCUT2D eigenvalue weighted by Crippen LogP contribution is -2.32. The third-order valence-electron chi connectivity index (χ3n) is 3.59. The molecule has 5 nitrogen and oxygen atoms in total. The van der Waals surface area contributed by atoms with Gasteiger partial charge < -0.3 is 15.1 Å². The lowest BCUT2D eigenvalue weighted by Gasteiger charge is -2.08. The van der Waals surface area contributed by atoms with E-state index in [1.54, 1.807) is 6.07 Å². The van der Waals surface area contributed by atoms with E-state index in [-0.39, 0.29) is 18.2 Å². The first-order valence-electron chi connectivity index (χ1n) is 7.07. The predicted octanol–water partition coefficient (Wildman–Crippen LogP) is 2.90. The Morgan fingerprint density at radius 3 is 2.73 bits per heavy atom. The number of carbonyl (C=O) groups is 2. The zero-order valence-electron chi connectivity index (χ0n) is 11.8. The SMILES string of the molecule is O=C(CNC(=O)c1ccc(Br)o1)Nc1ccc2c(c1)CCC2. The number of nitrogens with one attached hydrogen (secondary N) is 2. The lowest BCUT2D eigenvalue weighted by atomic mass is 10.1. The highest BCUT2D eigenvalue weighted by Crippen LogP contribution is 2.24. The Labute approximate surface area is 136 Å². The van der Waals surface area contributed by atoms with Gasteiger partial charge in [-0.05, 0) is 70.6 Å². The highest BCUT2D eigenvalue weighted by molar-refractivity contribution is 9.10. The molecule has 1 aliphatic carbocycles. The standard InChI is InChI=1S/C16H15BrN2O3/c17-14-7-6-13(22-14)16(21)18-9-15(20)19-12-5-4-10-2-1-3-11(10)8-12/h4-8H,1-3,9H2,(H,18,21)(H,19,20). The van der Waals surface area contributed by atoms with Gasteiger partial charge in [0.2, 0.25) is 5.91 Å². The molecule has 0 saturated heterocycles. The second kappa shape index (κ2) is 6.36. The number of carbonyl (C=O) groups excluding carboxylic acids is 2. The fraction of sp³-hybridized carbons (Fsp3) is 0.250. The first-order valence-corrected chi connectivity index (χ1v) is 7.86. The molecule has 1 aromatic carbocycles. The van der Waals surface area contributed by atoms with Gasteiger partial charge in [-0.25, -0.2) is 0 Å². The smallest absolute Gasteiger partial charge is 0.287 e. The number of rotatable bonds is 4. The maximum absolute atomic E-state index is 11.9. The highest BCUT2D eigenvalue weighted by atomic mass is 79.9. The zero-order chi connectivity index (χ0) is 15.5. The van der Waals surface area contributed by atoms with Crippen LogP contribution in [0, 0.1) is 0 Å². The molecule has 0 atom stereocenters. The molecular formula is C16H15BrN2O3. The molecule has 0 bridgehead atoms. The van der Waals surface area contributed by atoms with Gasteiger partial charge >= 0.3 is 0 Å². The molecular weight excluding hydrogens is 348 g/mol. The molecule has 0 aliphatic heterocycles. The van der Waals surface area contributed by atoms with Gasteiger partial charge in [0.05, 0.1) is 6.54 Å². The quantitative estimate of drug-likeness (QED) is 0.878. The van der Waals surface area contributed by atoms with E-state index in [4.69, 9.17) is 4.42 Å². The Bertz CT molecular complexity index is 724. The molecule has 0 spiro atoms. The molecule has 114 valence electrons. The van der Waals surface area contributed by atoms with E-state index in [1.807, 2.05) is 12.1 Å². The topological polar surface area (TPSA) is 71.3 Å². The van der Waals surface area contributed by atoms with E-state index in [0.717, 1.165) is 18.5 Å². The number of halogens is 1. The summed E-state index contributed by atoms with van der Waals surface area (Å²) in [5, 5.41) is 5.31. The molecule has 0 unspecified atom stereocenters. The first kappa shape index (κ1) is 14.8. The third kappa shape index (κ3) is 3.39. The van der Waals surface area contributed by atoms with Crippen molar-refractivity contribution in [3.63, 3.8) is 0 Å². The molecule has 3 rings (SSSR count). The van der Waals surface area contributed by atoms with Crippen LogP contribution in [0.3, 0.4) is 0 Å². The van der Waals surface area contributed by atoms with E-state index >= 15 is 0 Å². The van der Waals surface area contributed by atoms with Crippen molar-refractivity contribution in [1.82, 2.24) is 5.32 Å². The van der Waals surface area contributed by atoms with Crippen LogP contribution in [0.4, 0.5) is 5.69 Å². The van der Waals surface area contributed by atoms with Crippen molar-refractivity contribution in [3.8, 4) is 0 Å². The van der Waals surface area contributed by atoms with Crippen molar-refractivity contribution < 1.29 is 14.0 Å². The van der Waals surface area contributed by atoms with Crippen LogP contribution in [0.5, 0.6) is 0 Å². The molecule has 1 aromatic heterocycles. The Morgan fingerprint density at radius 2 is 1.95 bits per heavy atom. The summed E-state index contributed by atoms with van der Waals surface area (Å²) >= 11 is 3.12. The number of hydrogen-bond donors (Lipinski definition) is 2. The van der Waals surface area contributed by atoms with Gasteiger partial charge in [0.15, 0.2) is 10.4 Å². The number of amides is 2. The van der Waals surface area contributed by atoms with E-state index in [1.165, 1.54) is 23.6 Å². The zero-order valence-corrected chi connectivity index (χ0v) is 13.4. The molecule has 0 radical (unpaired) electrons. The van der Waals surface area contributed by atoms with Crippen LogP contribution in [0.2, 0.25) is 0 Å². The minimum Gasteiger partial charge on any atom is -0.444 e. The van der Waals surface area contributed by atoms with Crippen molar-refractivity contribution in [3.05, 3.63) is 51.9 Å². The van der Waals surface area contributed by atoms with Crippen LogP contribution in [0.15, 0.2) is 39.4 Å². The normalized spacial score (nSPS) is 12.8. The van der Waals surface area contributed by atoms with E-state index in [2.05, 4.69) is 32.6 Å². The molecule has 2 N–H and O–H groups in total. The summed E-state index contributed by atoms with van der Waals surface area (Å²) in [5.41, 5.74) is 3.41. The summed E-state index contributed by atoms with van der Waals surface area (Å²) in [5.74, 6) is -0.524. The van der Waals surface area contributed by atoms with Crippen molar-refractivity contribution in [2.75, 3.05) is 11.9 Å². The first-order chi connectivity index (χ1) is 10.6. The van der Waals surface area contributed by atoms with Crippen molar-refractivity contribution in [2.45, 2.75) is 19.3 Å². The summed E-state index contributed by atoms with van der Waals surface area (Å²) in [6.07, 6.45) is 3.34. The van der Waals surface area contributed by atoms with Crippen molar-refractivity contribution in [1.29, 1.82) is 0 Å². The second-order valence-electron chi connectivity index (χ2n) is 5.17. The Kier molecular flexibility index (Phi) is 4.29. The van der Waals surface area contributed by atoms with Crippen molar-refractivity contribution >= 4 is 33.4 Å². The van der Waals surface area contributed by atoms with Crippen LogP contribution in [0.25, 0.3) is 0 Å². The monoisotopic (exact) mass is 362 g/mol. The molecule has 6 heteroatoms. The van der Waals surface area contributed by atoms with E-state index in [9.17, 15) is 9.59 Å². The number of anilines is 1. The van der Waals surface area contributed by atoms with E-state index in [0.29, 0.717) is 4.67 Å². The molecule has 2 aromatic rings. The average Bonchev–Trinajstić information content (AvgIpc) is 3.13. The minimum absolute atomic E-state index is 0.103. The summed E-state index contributed by atoms with van der Waals surface area (Å²) in [6.45, 7) is -0.103. The summed E-state index contributed by atoms with van der Waals surface area (Å²) in [4.78, 5) is 23.7.